The summed E-state index contributed by atoms with van der Waals surface area (Å²) >= 11 is -0.563. The van der Waals surface area contributed by atoms with E-state index < -0.39 is 33.5 Å². The van der Waals surface area contributed by atoms with Gasteiger partial charge in [0.15, 0.2) is 5.69 Å². The first-order valence-electron chi connectivity index (χ1n) is 13.4. The lowest BCUT2D eigenvalue weighted by atomic mass is 9.73. The molecule has 1 aliphatic heterocycles. The lowest BCUT2D eigenvalue weighted by Crippen LogP contribution is -2.50. The molecule has 2 atom stereocenters. The number of nitrogens with one attached hydrogen (secondary N) is 1. The number of alkyl halides is 3. The highest BCUT2D eigenvalue weighted by Crippen LogP contribution is 2.53. The van der Waals surface area contributed by atoms with Gasteiger partial charge in [0.25, 0.3) is 5.56 Å². The third-order valence-electron chi connectivity index (χ3n) is 8.03. The van der Waals surface area contributed by atoms with E-state index in [1.165, 1.54) is 27.8 Å². The predicted molar refractivity (Wildman–Crippen MR) is 157 cm³/mol. The Hall–Kier alpha value is -2.67. The number of nitrogens with two attached hydrogens (primary N) is 1. The standard InChI is InChI=1S/C29H34F3N5O2S2/c1-27(2,3)41(39)35-24-19-9-6-5-8-18(19)17-28(24)11-14-37(15-12-28)22-16-20(33)23(26(38)36(22)4)40-21-10-7-13-34-25(21)29(30,31)32/h5-10,13,16,24,35H,11-12,14-15,17,33H2,1-4H3/t24-,41-/m1/s1. The molecule has 220 valence electrons. The first-order chi connectivity index (χ1) is 19.2. The molecule has 1 spiro atoms. The number of piperidine rings is 1. The van der Waals surface area contributed by atoms with Crippen LogP contribution in [-0.4, -0.2) is 31.9 Å². The summed E-state index contributed by atoms with van der Waals surface area (Å²) in [4.78, 5) is 18.8. The summed E-state index contributed by atoms with van der Waals surface area (Å²) in [6, 6.07) is 12.6. The number of halogens is 3. The molecular weight excluding hydrogens is 571 g/mol. The summed E-state index contributed by atoms with van der Waals surface area (Å²) in [7, 11) is 1.61. The Kier molecular flexibility index (Phi) is 7.90. The maximum absolute atomic E-state index is 13.5. The molecule has 0 amide bonds. The van der Waals surface area contributed by atoms with Crippen LogP contribution in [0.4, 0.5) is 24.7 Å². The van der Waals surface area contributed by atoms with Gasteiger partial charge in [0.1, 0.15) is 15.5 Å². The van der Waals surface area contributed by atoms with Crippen molar-refractivity contribution in [1.82, 2.24) is 14.3 Å². The molecule has 0 bridgehead atoms. The molecule has 0 radical (unpaired) electrons. The number of fused-ring (bicyclic) bond motifs is 1. The fraction of sp³-hybridized carbons (Fsp3) is 0.448. The van der Waals surface area contributed by atoms with Crippen LogP contribution in [0.1, 0.15) is 56.5 Å². The minimum atomic E-state index is -4.65. The second-order valence-electron chi connectivity index (χ2n) is 11.8. The highest BCUT2D eigenvalue weighted by atomic mass is 32.2. The number of nitrogens with zero attached hydrogens (tertiary/aromatic N) is 3. The van der Waals surface area contributed by atoms with Crippen molar-refractivity contribution < 1.29 is 17.7 Å². The molecule has 12 heteroatoms. The van der Waals surface area contributed by atoms with Gasteiger partial charge in [-0.3, -0.25) is 14.3 Å². The zero-order valence-corrected chi connectivity index (χ0v) is 25.1. The van der Waals surface area contributed by atoms with Crippen LogP contribution in [-0.2, 0) is 31.0 Å². The number of aromatic nitrogens is 2. The van der Waals surface area contributed by atoms with Crippen molar-refractivity contribution in [3.05, 3.63) is 75.8 Å². The zero-order valence-electron chi connectivity index (χ0n) is 23.4. The van der Waals surface area contributed by atoms with Crippen molar-refractivity contribution in [2.75, 3.05) is 23.7 Å². The maximum atomic E-state index is 13.5. The first kappa shape index (κ1) is 29.8. The van der Waals surface area contributed by atoms with Crippen molar-refractivity contribution in [3.8, 4) is 0 Å². The molecule has 1 fully saturated rings. The molecule has 41 heavy (non-hydrogen) atoms. The van der Waals surface area contributed by atoms with Gasteiger partial charge in [0.05, 0.1) is 11.7 Å². The molecule has 2 aliphatic rings. The van der Waals surface area contributed by atoms with Gasteiger partial charge in [-0.1, -0.05) is 36.0 Å². The van der Waals surface area contributed by atoms with Crippen LogP contribution in [0.25, 0.3) is 0 Å². The van der Waals surface area contributed by atoms with Gasteiger partial charge in [-0.25, -0.2) is 0 Å². The summed E-state index contributed by atoms with van der Waals surface area (Å²) in [5, 5.41) is 0. The number of anilines is 2. The molecule has 3 aromatic rings. The number of nitrogen functional groups attached to an aromatic ring is 1. The van der Waals surface area contributed by atoms with Crippen molar-refractivity contribution in [3.63, 3.8) is 0 Å². The zero-order chi connectivity index (χ0) is 29.7. The van der Waals surface area contributed by atoms with Gasteiger partial charge in [-0.15, -0.1) is 4.72 Å². The molecule has 2 aromatic heterocycles. The Morgan fingerprint density at radius 2 is 1.83 bits per heavy atom. The lowest BCUT2D eigenvalue weighted by Gasteiger charge is -2.44. The molecule has 3 N–H and O–H groups in total. The Bertz CT molecular complexity index is 1500. The van der Waals surface area contributed by atoms with Crippen LogP contribution in [0.2, 0.25) is 0 Å². The minimum absolute atomic E-state index is 0.0309. The Morgan fingerprint density at radius 1 is 1.15 bits per heavy atom. The van der Waals surface area contributed by atoms with E-state index >= 15 is 0 Å². The van der Waals surface area contributed by atoms with Crippen molar-refractivity contribution >= 4 is 34.6 Å². The monoisotopic (exact) mass is 605 g/mol. The summed E-state index contributed by atoms with van der Waals surface area (Å²) in [6.07, 6.45) is -1.10. The van der Waals surface area contributed by atoms with Crippen molar-refractivity contribution in [2.24, 2.45) is 12.5 Å². The van der Waals surface area contributed by atoms with Gasteiger partial charge < -0.3 is 15.2 Å². The highest BCUT2D eigenvalue weighted by Gasteiger charge is 2.50. The third-order valence-corrected chi connectivity index (χ3v) is 10.8. The smallest absolute Gasteiger partial charge is 0.434 e. The van der Waals surface area contributed by atoms with E-state index in [0.717, 1.165) is 25.5 Å². The Labute approximate surface area is 245 Å². The van der Waals surface area contributed by atoms with E-state index in [2.05, 4.69) is 26.7 Å². The molecule has 3 heterocycles. The van der Waals surface area contributed by atoms with Crippen LogP contribution < -0.4 is 20.9 Å². The molecular formula is C29H34F3N5O2S2. The van der Waals surface area contributed by atoms with E-state index in [-0.39, 0.29) is 26.9 Å². The number of pyridine rings is 2. The lowest BCUT2D eigenvalue weighted by molar-refractivity contribution is -0.143. The van der Waals surface area contributed by atoms with Crippen molar-refractivity contribution in [2.45, 2.75) is 66.8 Å². The van der Waals surface area contributed by atoms with E-state index in [1.54, 1.807) is 13.1 Å². The number of hydrogen-bond acceptors (Lipinski definition) is 7. The Balaban J connectivity index is 1.39. The van der Waals surface area contributed by atoms with Gasteiger partial charge >= 0.3 is 6.18 Å². The molecule has 0 saturated carbocycles. The van der Waals surface area contributed by atoms with Crippen LogP contribution in [0.15, 0.2) is 63.2 Å². The van der Waals surface area contributed by atoms with Crippen LogP contribution in [0.3, 0.4) is 0 Å². The molecule has 1 saturated heterocycles. The summed E-state index contributed by atoms with van der Waals surface area (Å²) in [5.74, 6) is 0.618. The fourth-order valence-electron chi connectivity index (χ4n) is 5.79. The topological polar surface area (TPSA) is 99.2 Å². The third kappa shape index (κ3) is 5.71. The second-order valence-corrected chi connectivity index (χ2v) is 14.8. The molecule has 1 aliphatic carbocycles. The van der Waals surface area contributed by atoms with E-state index in [9.17, 15) is 22.5 Å². The molecule has 0 unspecified atom stereocenters. The SMILES string of the molecule is Cn1c(N2CCC3(CC2)Cc2ccccc2[C@H]3N[S@+]([O-])C(C)(C)C)cc(N)c(Sc2cccnc2C(F)(F)F)c1=O. The highest BCUT2D eigenvalue weighted by molar-refractivity contribution is 7.99. The fourth-order valence-corrected chi connectivity index (χ4v) is 7.77. The van der Waals surface area contributed by atoms with Gasteiger partial charge in [-0.05, 0) is 63.3 Å². The van der Waals surface area contributed by atoms with Gasteiger partial charge in [0.2, 0.25) is 0 Å². The Morgan fingerprint density at radius 3 is 2.49 bits per heavy atom. The number of hydrogen-bond donors (Lipinski definition) is 2. The minimum Gasteiger partial charge on any atom is -0.598 e. The van der Waals surface area contributed by atoms with Crippen LogP contribution in [0.5, 0.6) is 0 Å². The van der Waals surface area contributed by atoms with E-state index in [4.69, 9.17) is 5.73 Å². The first-order valence-corrected chi connectivity index (χ1v) is 15.4. The normalized spacial score (nSPS) is 19.4. The molecule has 7 nitrogen and oxygen atoms in total. The summed E-state index contributed by atoms with van der Waals surface area (Å²) < 4.78 is 58.1. The largest absolute Gasteiger partial charge is 0.598 e. The maximum Gasteiger partial charge on any atom is 0.434 e. The predicted octanol–water partition coefficient (Wildman–Crippen LogP) is 5.47. The average Bonchev–Trinajstić information content (AvgIpc) is 3.20. The van der Waals surface area contributed by atoms with E-state index in [1.807, 2.05) is 32.9 Å². The molecule has 5 rings (SSSR count). The summed E-state index contributed by atoms with van der Waals surface area (Å²) in [5.41, 5.74) is 7.22. The quantitative estimate of drug-likeness (QED) is 0.372. The van der Waals surface area contributed by atoms with Gasteiger partial charge in [-0.2, -0.15) is 13.2 Å². The van der Waals surface area contributed by atoms with E-state index in [0.29, 0.717) is 30.7 Å². The van der Waals surface area contributed by atoms with Crippen molar-refractivity contribution in [1.29, 1.82) is 0 Å². The average molecular weight is 606 g/mol. The number of benzene rings is 1. The molecule has 1 aromatic carbocycles. The van der Waals surface area contributed by atoms with Gasteiger partial charge in [0, 0.05) is 54.1 Å². The number of rotatable bonds is 5. The van der Waals surface area contributed by atoms with Crippen LogP contribution in [0, 0.1) is 5.41 Å². The second kappa shape index (κ2) is 10.9. The summed E-state index contributed by atoms with van der Waals surface area (Å²) in [6.45, 7) is 7.16. The van der Waals surface area contributed by atoms with Crippen LogP contribution >= 0.6 is 11.8 Å².